The summed E-state index contributed by atoms with van der Waals surface area (Å²) in [5.41, 5.74) is 16.7. The Morgan fingerprint density at radius 2 is 1.67 bits per heavy atom. The molecule has 0 spiro atoms. The maximum absolute atomic E-state index is 6.94. The minimum atomic E-state index is -0.616. The molecule has 4 N–H and O–H groups in total. The van der Waals surface area contributed by atoms with Crippen LogP contribution in [-0.4, -0.2) is 18.0 Å². The van der Waals surface area contributed by atoms with Crippen molar-refractivity contribution >= 4 is 37.5 Å². The molecule has 0 amide bonds. The highest BCUT2D eigenvalue weighted by atomic mass is 79.9. The summed E-state index contributed by atoms with van der Waals surface area (Å²) in [5.74, 6) is 0.854. The van der Waals surface area contributed by atoms with E-state index >= 15 is 0 Å². The molecule has 1 aromatic heterocycles. The Kier molecular flexibility index (Phi) is 6.20. The number of methoxy groups -OCH3 is 1. The van der Waals surface area contributed by atoms with Gasteiger partial charge in [0, 0.05) is 9.86 Å². The van der Waals surface area contributed by atoms with Gasteiger partial charge >= 0.3 is 0 Å². The van der Waals surface area contributed by atoms with Gasteiger partial charge in [-0.25, -0.2) is 0 Å². The summed E-state index contributed by atoms with van der Waals surface area (Å²) in [6.45, 7) is 0.507. The molecule has 1 atom stereocenters. The third kappa shape index (κ3) is 4.27. The van der Waals surface area contributed by atoms with Crippen LogP contribution in [0.5, 0.6) is 5.75 Å². The largest absolute Gasteiger partial charge is 0.497 e. The Bertz CT molecular complexity index is 1140. The molecule has 0 bridgehead atoms. The Balaban J connectivity index is 1.63. The van der Waals surface area contributed by atoms with Gasteiger partial charge in [0.15, 0.2) is 0 Å². The van der Waals surface area contributed by atoms with Crippen molar-refractivity contribution in [3.8, 4) is 16.9 Å². The van der Waals surface area contributed by atoms with Crippen molar-refractivity contribution in [1.82, 2.24) is 4.37 Å². The van der Waals surface area contributed by atoms with Crippen LogP contribution in [-0.2, 0) is 12.0 Å². The van der Waals surface area contributed by atoms with E-state index < -0.39 is 5.54 Å². The van der Waals surface area contributed by atoms with E-state index in [9.17, 15) is 0 Å². The predicted octanol–water partition coefficient (Wildman–Crippen LogP) is 5.48. The van der Waals surface area contributed by atoms with E-state index in [1.165, 1.54) is 17.1 Å². The quantitative estimate of drug-likeness (QED) is 0.366. The highest BCUT2D eigenvalue weighted by Crippen LogP contribution is 2.35. The zero-order valence-corrected chi connectivity index (χ0v) is 19.2. The SMILES string of the molecule is COc1ccc(-c2ccc(CC(N)(CCN)c3nsc4ccc(Br)cc34)cc2)cc1. The molecule has 154 valence electrons. The van der Waals surface area contributed by atoms with E-state index in [0.29, 0.717) is 19.4 Å². The zero-order valence-electron chi connectivity index (χ0n) is 16.8. The molecule has 0 aliphatic heterocycles. The van der Waals surface area contributed by atoms with E-state index in [1.54, 1.807) is 7.11 Å². The highest BCUT2D eigenvalue weighted by Gasteiger charge is 2.31. The van der Waals surface area contributed by atoms with Crippen LogP contribution >= 0.6 is 27.5 Å². The molecule has 4 aromatic rings. The van der Waals surface area contributed by atoms with E-state index in [-0.39, 0.29) is 0 Å². The van der Waals surface area contributed by atoms with E-state index in [0.717, 1.165) is 37.1 Å². The number of nitrogens with zero attached hydrogens (tertiary/aromatic N) is 1. The van der Waals surface area contributed by atoms with E-state index in [2.05, 4.69) is 64.5 Å². The van der Waals surface area contributed by atoms with Crippen molar-refractivity contribution in [2.45, 2.75) is 18.4 Å². The summed E-state index contributed by atoms with van der Waals surface area (Å²) >= 11 is 5.05. The molecular weight excluding hydrogens is 458 g/mol. The second kappa shape index (κ2) is 8.86. The zero-order chi connectivity index (χ0) is 21.1. The first-order valence-electron chi connectivity index (χ1n) is 9.80. The summed E-state index contributed by atoms with van der Waals surface area (Å²) in [5, 5.41) is 1.10. The van der Waals surface area contributed by atoms with Gasteiger partial charge in [-0.15, -0.1) is 0 Å². The molecular formula is C24H24BrN3OS. The number of halogens is 1. The number of fused-ring (bicyclic) bond motifs is 1. The van der Waals surface area contributed by atoms with Gasteiger partial charge in [-0.3, -0.25) is 0 Å². The van der Waals surface area contributed by atoms with Crippen molar-refractivity contribution in [2.75, 3.05) is 13.7 Å². The Labute approximate surface area is 189 Å². The van der Waals surface area contributed by atoms with Crippen molar-refractivity contribution in [3.05, 3.63) is 82.5 Å². The Hall–Kier alpha value is -2.25. The lowest BCUT2D eigenvalue weighted by Gasteiger charge is -2.28. The fourth-order valence-electron chi connectivity index (χ4n) is 3.78. The van der Waals surface area contributed by atoms with Gasteiger partial charge in [-0.05, 0) is 77.9 Å². The smallest absolute Gasteiger partial charge is 0.118 e. The van der Waals surface area contributed by atoms with Gasteiger partial charge < -0.3 is 16.2 Å². The first kappa shape index (κ1) is 21.0. The second-order valence-corrected chi connectivity index (χ2v) is 9.19. The molecule has 0 aliphatic rings. The molecule has 0 saturated heterocycles. The van der Waals surface area contributed by atoms with Gasteiger partial charge in [0.05, 0.1) is 23.0 Å². The number of nitrogens with two attached hydrogens (primary N) is 2. The maximum Gasteiger partial charge on any atom is 0.118 e. The summed E-state index contributed by atoms with van der Waals surface area (Å²) < 4.78 is 12.1. The fraction of sp³-hybridized carbons (Fsp3) is 0.208. The lowest BCUT2D eigenvalue weighted by Crippen LogP contribution is -2.41. The van der Waals surface area contributed by atoms with Crippen molar-refractivity contribution in [1.29, 1.82) is 0 Å². The molecule has 4 rings (SSSR count). The standard InChI is InChI=1S/C24H24BrN3OS/c1-29-20-9-6-18(7-10-20)17-4-2-16(3-5-17)15-24(27,12-13-26)23-21-14-19(25)8-11-22(21)30-28-23/h2-11,14H,12-13,15,26-27H2,1H3. The third-order valence-electron chi connectivity index (χ3n) is 5.39. The average Bonchev–Trinajstić information content (AvgIpc) is 3.18. The molecule has 6 heteroatoms. The number of ether oxygens (including phenoxy) is 1. The maximum atomic E-state index is 6.94. The minimum Gasteiger partial charge on any atom is -0.497 e. The second-order valence-electron chi connectivity index (χ2n) is 7.47. The molecule has 30 heavy (non-hydrogen) atoms. The average molecular weight is 482 g/mol. The molecule has 3 aromatic carbocycles. The predicted molar refractivity (Wildman–Crippen MR) is 129 cm³/mol. The van der Waals surface area contributed by atoms with Crippen molar-refractivity contribution in [3.63, 3.8) is 0 Å². The Morgan fingerprint density at radius 1 is 1.00 bits per heavy atom. The molecule has 1 unspecified atom stereocenters. The summed E-state index contributed by atoms with van der Waals surface area (Å²) in [7, 11) is 1.68. The van der Waals surface area contributed by atoms with Crippen LogP contribution in [0.25, 0.3) is 21.2 Å². The molecule has 0 radical (unpaired) electrons. The van der Waals surface area contributed by atoms with Crippen molar-refractivity contribution in [2.24, 2.45) is 11.5 Å². The molecule has 4 nitrogen and oxygen atoms in total. The first-order valence-corrected chi connectivity index (χ1v) is 11.4. The number of benzene rings is 3. The molecule has 0 aliphatic carbocycles. The molecule has 1 heterocycles. The lowest BCUT2D eigenvalue weighted by molar-refractivity contribution is 0.407. The van der Waals surface area contributed by atoms with Crippen LogP contribution in [0.2, 0.25) is 0 Å². The van der Waals surface area contributed by atoms with E-state index in [4.69, 9.17) is 20.6 Å². The van der Waals surface area contributed by atoms with Gasteiger partial charge in [-0.2, -0.15) is 4.37 Å². The van der Waals surface area contributed by atoms with Crippen LogP contribution in [0.4, 0.5) is 0 Å². The van der Waals surface area contributed by atoms with Gasteiger partial charge in [0.2, 0.25) is 0 Å². The number of aromatic nitrogens is 1. The third-order valence-corrected chi connectivity index (χ3v) is 6.71. The van der Waals surface area contributed by atoms with Gasteiger partial charge in [-0.1, -0.05) is 52.3 Å². The van der Waals surface area contributed by atoms with Gasteiger partial charge in [0.1, 0.15) is 5.75 Å². The number of hydrogen-bond acceptors (Lipinski definition) is 5. The van der Waals surface area contributed by atoms with Crippen LogP contribution < -0.4 is 16.2 Å². The Morgan fingerprint density at radius 3 is 2.30 bits per heavy atom. The topological polar surface area (TPSA) is 74.2 Å². The lowest BCUT2D eigenvalue weighted by atomic mass is 9.83. The van der Waals surface area contributed by atoms with Crippen molar-refractivity contribution < 1.29 is 4.74 Å². The first-order chi connectivity index (χ1) is 14.5. The summed E-state index contributed by atoms with van der Waals surface area (Å²) in [6.07, 6.45) is 1.34. The highest BCUT2D eigenvalue weighted by molar-refractivity contribution is 9.10. The minimum absolute atomic E-state index is 0.507. The number of rotatable bonds is 7. The fourth-order valence-corrected chi connectivity index (χ4v) is 4.99. The molecule has 0 saturated carbocycles. The monoisotopic (exact) mass is 481 g/mol. The van der Waals surface area contributed by atoms with Gasteiger partial charge in [0.25, 0.3) is 0 Å². The van der Waals surface area contributed by atoms with Crippen LogP contribution in [0.1, 0.15) is 17.7 Å². The van der Waals surface area contributed by atoms with Crippen LogP contribution in [0.15, 0.2) is 71.2 Å². The molecule has 0 fully saturated rings. The number of hydrogen-bond donors (Lipinski definition) is 2. The van der Waals surface area contributed by atoms with Crippen LogP contribution in [0.3, 0.4) is 0 Å². The summed E-state index contributed by atoms with van der Waals surface area (Å²) in [4.78, 5) is 0. The normalized spacial score (nSPS) is 13.3. The van der Waals surface area contributed by atoms with Crippen LogP contribution in [0, 0.1) is 0 Å². The summed E-state index contributed by atoms with van der Waals surface area (Å²) in [6, 6.07) is 22.8. The van der Waals surface area contributed by atoms with E-state index in [1.807, 2.05) is 18.2 Å².